The molecule has 0 aromatic carbocycles. The summed E-state index contributed by atoms with van der Waals surface area (Å²) in [5.74, 6) is 2.15. The van der Waals surface area contributed by atoms with Crippen LogP contribution in [0.25, 0.3) is 0 Å². The van der Waals surface area contributed by atoms with Gasteiger partial charge in [0, 0.05) is 25.0 Å². The molecule has 1 aromatic heterocycles. The molecule has 0 spiro atoms. The summed E-state index contributed by atoms with van der Waals surface area (Å²) in [6.45, 7) is 9.22. The summed E-state index contributed by atoms with van der Waals surface area (Å²) in [5.41, 5.74) is -0.650. The summed E-state index contributed by atoms with van der Waals surface area (Å²) in [4.78, 5) is 6.89. The Morgan fingerprint density at radius 1 is 1.43 bits per heavy atom. The number of aliphatic hydroxyl groups is 1. The first-order chi connectivity index (χ1) is 11.0. The highest BCUT2D eigenvalue weighted by Crippen LogP contribution is 2.36. The van der Waals surface area contributed by atoms with Gasteiger partial charge in [-0.3, -0.25) is 4.90 Å². The monoisotopic (exact) mass is 323 g/mol. The average molecular weight is 323 g/mol. The minimum absolute atomic E-state index is 0.150. The molecule has 2 saturated heterocycles. The second-order valence-corrected chi connectivity index (χ2v) is 7.67. The van der Waals surface area contributed by atoms with Gasteiger partial charge in [0.15, 0.2) is 5.82 Å². The lowest BCUT2D eigenvalue weighted by Gasteiger charge is -2.43. The van der Waals surface area contributed by atoms with Gasteiger partial charge in [-0.25, -0.2) is 0 Å². The topological polar surface area (TPSA) is 71.6 Å². The Labute approximate surface area is 138 Å². The molecule has 0 radical (unpaired) electrons. The third-order valence-corrected chi connectivity index (χ3v) is 5.17. The normalized spacial score (nSPS) is 32.7. The number of hydrogen-bond donors (Lipinski definition) is 1. The van der Waals surface area contributed by atoms with Crippen LogP contribution in [0.2, 0.25) is 0 Å². The van der Waals surface area contributed by atoms with Gasteiger partial charge in [-0.05, 0) is 38.6 Å². The second-order valence-electron chi connectivity index (χ2n) is 7.67. The molecule has 6 nitrogen and oxygen atoms in total. The molecule has 3 rings (SSSR count). The fourth-order valence-electron chi connectivity index (χ4n) is 3.86. The highest BCUT2D eigenvalue weighted by Gasteiger charge is 2.44. The molecule has 6 heteroatoms. The van der Waals surface area contributed by atoms with Crippen LogP contribution in [0.1, 0.15) is 51.7 Å². The fraction of sp³-hybridized carbons (Fsp3) is 0.882. The van der Waals surface area contributed by atoms with Crippen LogP contribution in [-0.2, 0) is 17.7 Å². The molecule has 1 N–H and O–H groups in total. The van der Waals surface area contributed by atoms with Crippen LogP contribution in [0.3, 0.4) is 0 Å². The van der Waals surface area contributed by atoms with Crippen molar-refractivity contribution >= 4 is 0 Å². The van der Waals surface area contributed by atoms with E-state index in [1.807, 2.05) is 6.92 Å². The summed E-state index contributed by atoms with van der Waals surface area (Å²) in [5, 5.41) is 14.8. The van der Waals surface area contributed by atoms with Crippen LogP contribution >= 0.6 is 0 Å². The Morgan fingerprint density at radius 2 is 2.26 bits per heavy atom. The zero-order chi connectivity index (χ0) is 16.4. The Kier molecular flexibility index (Phi) is 5.04. The summed E-state index contributed by atoms with van der Waals surface area (Å²) in [6.07, 6.45) is 3.79. The molecule has 0 saturated carbocycles. The van der Waals surface area contributed by atoms with E-state index >= 15 is 0 Å². The van der Waals surface area contributed by atoms with Crippen LogP contribution in [0, 0.1) is 11.8 Å². The van der Waals surface area contributed by atoms with Crippen molar-refractivity contribution in [2.24, 2.45) is 11.8 Å². The van der Waals surface area contributed by atoms with Crippen molar-refractivity contribution in [1.82, 2.24) is 15.0 Å². The molecule has 0 unspecified atom stereocenters. The molecule has 2 aliphatic rings. The van der Waals surface area contributed by atoms with Crippen molar-refractivity contribution in [2.45, 2.75) is 64.6 Å². The van der Waals surface area contributed by atoms with Gasteiger partial charge in [0.25, 0.3) is 0 Å². The Bertz CT molecular complexity index is 515. The predicted molar refractivity (Wildman–Crippen MR) is 85.8 cm³/mol. The first kappa shape index (κ1) is 16.9. The highest BCUT2D eigenvalue weighted by molar-refractivity contribution is 4.97. The van der Waals surface area contributed by atoms with Gasteiger partial charge in [0.1, 0.15) is 0 Å². The minimum Gasteiger partial charge on any atom is -0.390 e. The number of ether oxygens (including phenoxy) is 1. The smallest absolute Gasteiger partial charge is 0.240 e. The molecule has 2 fully saturated rings. The second kappa shape index (κ2) is 6.87. The lowest BCUT2D eigenvalue weighted by atomic mass is 9.79. The zero-order valence-corrected chi connectivity index (χ0v) is 14.5. The van der Waals surface area contributed by atoms with Gasteiger partial charge in [-0.1, -0.05) is 19.0 Å². The van der Waals surface area contributed by atoms with E-state index in [2.05, 4.69) is 28.9 Å². The number of nitrogens with zero attached hydrogens (tertiary/aromatic N) is 3. The minimum atomic E-state index is -0.650. The molecular formula is C17H29N3O3. The molecular weight excluding hydrogens is 294 g/mol. The molecule has 0 amide bonds. The SMILES string of the molecule is CC(C)Cc1noc(CN2CCC[C@@H]2[C@@H]2COCC[C@@]2(C)O)n1. The fourth-order valence-corrected chi connectivity index (χ4v) is 3.86. The van der Waals surface area contributed by atoms with Gasteiger partial charge in [-0.15, -0.1) is 0 Å². The van der Waals surface area contributed by atoms with E-state index in [1.54, 1.807) is 0 Å². The maximum Gasteiger partial charge on any atom is 0.240 e. The van der Waals surface area contributed by atoms with E-state index in [0.717, 1.165) is 31.6 Å². The summed E-state index contributed by atoms with van der Waals surface area (Å²) >= 11 is 0. The van der Waals surface area contributed by atoms with Crippen molar-refractivity contribution in [2.75, 3.05) is 19.8 Å². The van der Waals surface area contributed by atoms with Crippen molar-refractivity contribution in [3.63, 3.8) is 0 Å². The lowest BCUT2D eigenvalue weighted by molar-refractivity contribution is -0.124. The van der Waals surface area contributed by atoms with E-state index in [9.17, 15) is 5.11 Å². The van der Waals surface area contributed by atoms with Gasteiger partial charge in [0.05, 0.1) is 18.8 Å². The molecule has 0 bridgehead atoms. The first-order valence-electron chi connectivity index (χ1n) is 8.81. The van der Waals surface area contributed by atoms with Crippen molar-refractivity contribution < 1.29 is 14.4 Å². The third-order valence-electron chi connectivity index (χ3n) is 5.17. The average Bonchev–Trinajstić information content (AvgIpc) is 3.08. The Balaban J connectivity index is 1.66. The maximum absolute atomic E-state index is 10.7. The molecule has 3 atom stereocenters. The van der Waals surface area contributed by atoms with E-state index in [-0.39, 0.29) is 5.92 Å². The van der Waals surface area contributed by atoms with Gasteiger partial charge in [0.2, 0.25) is 5.89 Å². The van der Waals surface area contributed by atoms with E-state index in [0.29, 0.717) is 44.0 Å². The number of aromatic nitrogens is 2. The number of hydrogen-bond acceptors (Lipinski definition) is 6. The number of rotatable bonds is 5. The highest BCUT2D eigenvalue weighted by atomic mass is 16.5. The van der Waals surface area contributed by atoms with Crippen molar-refractivity contribution in [3.05, 3.63) is 11.7 Å². The van der Waals surface area contributed by atoms with E-state index < -0.39 is 5.60 Å². The molecule has 2 aliphatic heterocycles. The lowest BCUT2D eigenvalue weighted by Crippen LogP contribution is -2.52. The largest absolute Gasteiger partial charge is 0.390 e. The van der Waals surface area contributed by atoms with Gasteiger partial charge < -0.3 is 14.4 Å². The standard InChI is InChI=1S/C17H29N3O3/c1-12(2)9-15-18-16(23-19-15)10-20-7-4-5-14(20)13-11-22-8-6-17(13,3)21/h12-14,21H,4-11H2,1-3H3/t13-,14+,17+/m0/s1. The predicted octanol–water partition coefficient (Wildman–Crippen LogP) is 2.02. The van der Waals surface area contributed by atoms with Crippen LogP contribution < -0.4 is 0 Å². The molecule has 3 heterocycles. The van der Waals surface area contributed by atoms with Gasteiger partial charge in [-0.2, -0.15) is 4.98 Å². The Morgan fingerprint density at radius 3 is 3.00 bits per heavy atom. The van der Waals surface area contributed by atoms with Crippen molar-refractivity contribution in [1.29, 1.82) is 0 Å². The van der Waals surface area contributed by atoms with E-state index in [4.69, 9.17) is 9.26 Å². The first-order valence-corrected chi connectivity index (χ1v) is 8.81. The van der Waals surface area contributed by atoms with Crippen LogP contribution in [-0.4, -0.2) is 51.5 Å². The van der Waals surface area contributed by atoms with Crippen molar-refractivity contribution in [3.8, 4) is 0 Å². The summed E-state index contributed by atoms with van der Waals surface area (Å²) < 4.78 is 11.1. The van der Waals surface area contributed by atoms with Crippen LogP contribution in [0.15, 0.2) is 4.52 Å². The molecule has 23 heavy (non-hydrogen) atoms. The van der Waals surface area contributed by atoms with E-state index in [1.165, 1.54) is 0 Å². The van der Waals surface area contributed by atoms with Crippen LogP contribution in [0.5, 0.6) is 0 Å². The maximum atomic E-state index is 10.7. The Hall–Kier alpha value is -0.980. The zero-order valence-electron chi connectivity index (χ0n) is 14.5. The molecule has 0 aliphatic carbocycles. The molecule has 130 valence electrons. The van der Waals surface area contributed by atoms with Gasteiger partial charge >= 0.3 is 0 Å². The third kappa shape index (κ3) is 3.92. The quantitative estimate of drug-likeness (QED) is 0.894. The summed E-state index contributed by atoms with van der Waals surface area (Å²) in [7, 11) is 0. The summed E-state index contributed by atoms with van der Waals surface area (Å²) in [6, 6.07) is 0.325. The number of likely N-dealkylation sites (tertiary alicyclic amines) is 1. The van der Waals surface area contributed by atoms with Crippen LogP contribution in [0.4, 0.5) is 0 Å². The molecule has 1 aromatic rings.